The third kappa shape index (κ3) is 2.76. The SMILES string of the molecule is CCCOC(=O)c1cccc(OC)c1. The van der Waals surface area contributed by atoms with E-state index < -0.39 is 0 Å². The van der Waals surface area contributed by atoms with E-state index in [0.717, 1.165) is 6.42 Å². The van der Waals surface area contributed by atoms with Crippen LogP contribution in [0.1, 0.15) is 23.7 Å². The summed E-state index contributed by atoms with van der Waals surface area (Å²) in [6, 6.07) is 6.93. The first-order valence-electron chi connectivity index (χ1n) is 4.59. The molecule has 0 heterocycles. The van der Waals surface area contributed by atoms with E-state index in [0.29, 0.717) is 17.9 Å². The molecule has 14 heavy (non-hydrogen) atoms. The van der Waals surface area contributed by atoms with Gasteiger partial charge < -0.3 is 9.47 Å². The van der Waals surface area contributed by atoms with Crippen molar-refractivity contribution in [3.63, 3.8) is 0 Å². The highest BCUT2D eigenvalue weighted by molar-refractivity contribution is 5.89. The van der Waals surface area contributed by atoms with Crippen LogP contribution in [0.4, 0.5) is 0 Å². The minimum atomic E-state index is -0.300. The van der Waals surface area contributed by atoms with Gasteiger partial charge in [0.25, 0.3) is 0 Å². The summed E-state index contributed by atoms with van der Waals surface area (Å²) in [5.74, 6) is 0.363. The minimum Gasteiger partial charge on any atom is -0.497 e. The van der Waals surface area contributed by atoms with Gasteiger partial charge in [0.05, 0.1) is 19.3 Å². The average molecular weight is 194 g/mol. The van der Waals surface area contributed by atoms with Crippen molar-refractivity contribution in [3.05, 3.63) is 29.8 Å². The molecule has 76 valence electrons. The second kappa shape index (κ2) is 5.27. The van der Waals surface area contributed by atoms with E-state index in [-0.39, 0.29) is 5.97 Å². The Balaban J connectivity index is 2.69. The van der Waals surface area contributed by atoms with E-state index in [1.807, 2.05) is 6.92 Å². The monoisotopic (exact) mass is 194 g/mol. The molecule has 1 aromatic carbocycles. The summed E-state index contributed by atoms with van der Waals surface area (Å²) in [5.41, 5.74) is 0.526. The van der Waals surface area contributed by atoms with E-state index in [1.165, 1.54) is 0 Å². The molecule has 0 radical (unpaired) electrons. The molecule has 0 atom stereocenters. The lowest BCUT2D eigenvalue weighted by atomic mass is 10.2. The Labute approximate surface area is 83.6 Å². The van der Waals surface area contributed by atoms with Crippen molar-refractivity contribution in [1.82, 2.24) is 0 Å². The third-order valence-electron chi connectivity index (χ3n) is 1.74. The topological polar surface area (TPSA) is 35.5 Å². The lowest BCUT2D eigenvalue weighted by Crippen LogP contribution is -2.05. The van der Waals surface area contributed by atoms with Crippen LogP contribution in [-0.2, 0) is 4.74 Å². The molecule has 0 saturated carbocycles. The molecule has 0 bridgehead atoms. The fourth-order valence-electron chi connectivity index (χ4n) is 1.03. The molecule has 3 nitrogen and oxygen atoms in total. The number of carbonyl (C=O) groups excluding carboxylic acids is 1. The third-order valence-corrected chi connectivity index (χ3v) is 1.74. The van der Waals surface area contributed by atoms with Gasteiger partial charge in [0, 0.05) is 0 Å². The maximum atomic E-state index is 11.4. The van der Waals surface area contributed by atoms with Crippen LogP contribution in [0.15, 0.2) is 24.3 Å². The molecule has 0 aliphatic heterocycles. The minimum absolute atomic E-state index is 0.300. The van der Waals surface area contributed by atoms with Crippen LogP contribution < -0.4 is 4.74 Å². The van der Waals surface area contributed by atoms with Gasteiger partial charge in [0.2, 0.25) is 0 Å². The van der Waals surface area contributed by atoms with Gasteiger partial charge in [-0.1, -0.05) is 13.0 Å². The molecule has 1 aromatic rings. The first-order valence-corrected chi connectivity index (χ1v) is 4.59. The predicted molar refractivity (Wildman–Crippen MR) is 53.6 cm³/mol. The molecule has 0 amide bonds. The summed E-state index contributed by atoms with van der Waals surface area (Å²) in [6.45, 7) is 2.41. The van der Waals surface area contributed by atoms with Gasteiger partial charge in [-0.05, 0) is 24.6 Å². The molecule has 3 heteroatoms. The van der Waals surface area contributed by atoms with Crippen molar-refractivity contribution in [2.75, 3.05) is 13.7 Å². The zero-order valence-corrected chi connectivity index (χ0v) is 8.45. The van der Waals surface area contributed by atoms with Crippen molar-refractivity contribution in [2.45, 2.75) is 13.3 Å². The zero-order valence-electron chi connectivity index (χ0n) is 8.45. The fourth-order valence-corrected chi connectivity index (χ4v) is 1.03. The molecular weight excluding hydrogens is 180 g/mol. The van der Waals surface area contributed by atoms with Crippen molar-refractivity contribution < 1.29 is 14.3 Å². The van der Waals surface area contributed by atoms with Gasteiger partial charge in [0.1, 0.15) is 5.75 Å². The number of esters is 1. The van der Waals surface area contributed by atoms with Gasteiger partial charge in [-0.25, -0.2) is 4.79 Å². The standard InChI is InChI=1S/C11H14O3/c1-3-7-14-11(12)9-5-4-6-10(8-9)13-2/h4-6,8H,3,7H2,1-2H3. The maximum Gasteiger partial charge on any atom is 0.338 e. The summed E-state index contributed by atoms with van der Waals surface area (Å²) in [5, 5.41) is 0. The number of rotatable bonds is 4. The zero-order chi connectivity index (χ0) is 10.4. The summed E-state index contributed by atoms with van der Waals surface area (Å²) in [6.07, 6.45) is 0.829. The lowest BCUT2D eigenvalue weighted by molar-refractivity contribution is 0.0504. The second-order valence-electron chi connectivity index (χ2n) is 2.87. The summed E-state index contributed by atoms with van der Waals surface area (Å²) in [7, 11) is 1.57. The van der Waals surface area contributed by atoms with E-state index >= 15 is 0 Å². The van der Waals surface area contributed by atoms with E-state index in [4.69, 9.17) is 9.47 Å². The van der Waals surface area contributed by atoms with Gasteiger partial charge in [-0.2, -0.15) is 0 Å². The molecule has 0 unspecified atom stereocenters. The van der Waals surface area contributed by atoms with Gasteiger partial charge in [-0.3, -0.25) is 0 Å². The highest BCUT2D eigenvalue weighted by Crippen LogP contribution is 2.13. The Morgan fingerprint density at radius 3 is 2.86 bits per heavy atom. The van der Waals surface area contributed by atoms with E-state index in [9.17, 15) is 4.79 Å². The number of hydrogen-bond donors (Lipinski definition) is 0. The van der Waals surface area contributed by atoms with Gasteiger partial charge in [-0.15, -0.1) is 0 Å². The Hall–Kier alpha value is -1.51. The Morgan fingerprint density at radius 2 is 2.21 bits per heavy atom. The lowest BCUT2D eigenvalue weighted by Gasteiger charge is -2.04. The van der Waals surface area contributed by atoms with Crippen LogP contribution in [0.3, 0.4) is 0 Å². The highest BCUT2D eigenvalue weighted by Gasteiger charge is 2.06. The first-order chi connectivity index (χ1) is 6.77. The maximum absolute atomic E-state index is 11.4. The molecule has 0 aliphatic carbocycles. The van der Waals surface area contributed by atoms with Crippen molar-refractivity contribution in [1.29, 1.82) is 0 Å². The molecular formula is C11H14O3. The number of methoxy groups -OCH3 is 1. The molecule has 1 rings (SSSR count). The van der Waals surface area contributed by atoms with Crippen molar-refractivity contribution in [2.24, 2.45) is 0 Å². The van der Waals surface area contributed by atoms with Crippen LogP contribution in [0.5, 0.6) is 5.75 Å². The largest absolute Gasteiger partial charge is 0.497 e. The number of benzene rings is 1. The molecule has 0 saturated heterocycles. The van der Waals surface area contributed by atoms with Crippen LogP contribution in [-0.4, -0.2) is 19.7 Å². The van der Waals surface area contributed by atoms with Crippen LogP contribution in [0.25, 0.3) is 0 Å². The van der Waals surface area contributed by atoms with E-state index in [2.05, 4.69) is 0 Å². The molecule has 0 aliphatic rings. The number of ether oxygens (including phenoxy) is 2. The summed E-state index contributed by atoms with van der Waals surface area (Å²) < 4.78 is 9.98. The second-order valence-corrected chi connectivity index (χ2v) is 2.87. The van der Waals surface area contributed by atoms with Crippen LogP contribution in [0, 0.1) is 0 Å². The molecule has 0 fully saturated rings. The van der Waals surface area contributed by atoms with Gasteiger partial charge in [0.15, 0.2) is 0 Å². The first kappa shape index (κ1) is 10.6. The van der Waals surface area contributed by atoms with Crippen LogP contribution in [0.2, 0.25) is 0 Å². The van der Waals surface area contributed by atoms with Crippen molar-refractivity contribution in [3.8, 4) is 5.75 Å². The number of hydrogen-bond acceptors (Lipinski definition) is 3. The Kier molecular flexibility index (Phi) is 3.98. The van der Waals surface area contributed by atoms with E-state index in [1.54, 1.807) is 31.4 Å². The molecule has 0 spiro atoms. The summed E-state index contributed by atoms with van der Waals surface area (Å²) >= 11 is 0. The quantitative estimate of drug-likeness (QED) is 0.690. The molecule has 0 aromatic heterocycles. The predicted octanol–water partition coefficient (Wildman–Crippen LogP) is 2.26. The Morgan fingerprint density at radius 1 is 1.43 bits per heavy atom. The van der Waals surface area contributed by atoms with Crippen molar-refractivity contribution >= 4 is 5.97 Å². The summed E-state index contributed by atoms with van der Waals surface area (Å²) in [4.78, 5) is 11.4. The highest BCUT2D eigenvalue weighted by atomic mass is 16.5. The molecule has 0 N–H and O–H groups in total. The number of carbonyl (C=O) groups is 1. The van der Waals surface area contributed by atoms with Gasteiger partial charge >= 0.3 is 5.97 Å². The fraction of sp³-hybridized carbons (Fsp3) is 0.364. The smallest absolute Gasteiger partial charge is 0.338 e. The average Bonchev–Trinajstić information content (AvgIpc) is 2.26. The van der Waals surface area contributed by atoms with Crippen LogP contribution >= 0.6 is 0 Å². The normalized spacial score (nSPS) is 9.57. The Bertz CT molecular complexity index is 307.